The van der Waals surface area contributed by atoms with Crippen LogP contribution in [0.5, 0.6) is 5.75 Å². The van der Waals surface area contributed by atoms with Crippen molar-refractivity contribution in [3.63, 3.8) is 0 Å². The van der Waals surface area contributed by atoms with E-state index in [9.17, 15) is 9.18 Å². The topological polar surface area (TPSA) is 88.4 Å². The first kappa shape index (κ1) is 19.8. The number of nitrogens with zero attached hydrogens (tertiary/aromatic N) is 6. The predicted molar refractivity (Wildman–Crippen MR) is 108 cm³/mol. The Bertz CT molecular complexity index is 983. The number of piperazine rings is 1. The smallest absolute Gasteiger partial charge is 0.321 e. The van der Waals surface area contributed by atoms with Crippen LogP contribution in [0.2, 0.25) is 0 Å². The van der Waals surface area contributed by atoms with Crippen molar-refractivity contribution in [3.8, 4) is 11.4 Å². The number of aromatic nitrogens is 4. The quantitative estimate of drug-likeness (QED) is 0.692. The standard InChI is InChI=1S/C20H22FN7O2/c1-30-18-8-4-16(5-9-18)22-20(29)27-12-10-26(11-13-27)14-19-23-24-25-28(19)17-6-2-15(21)3-7-17/h2-9H,10-14H2,1H3,(H,22,29). The van der Waals surface area contributed by atoms with Gasteiger partial charge in [0.05, 0.1) is 19.3 Å². The highest BCUT2D eigenvalue weighted by atomic mass is 19.1. The maximum absolute atomic E-state index is 13.2. The van der Waals surface area contributed by atoms with E-state index in [2.05, 4.69) is 25.7 Å². The molecule has 1 aromatic heterocycles. The van der Waals surface area contributed by atoms with Crippen LogP contribution in [-0.4, -0.2) is 69.3 Å². The summed E-state index contributed by atoms with van der Waals surface area (Å²) in [7, 11) is 1.60. The summed E-state index contributed by atoms with van der Waals surface area (Å²) in [5, 5.41) is 14.8. The molecule has 1 saturated heterocycles. The molecule has 2 aromatic carbocycles. The minimum absolute atomic E-state index is 0.129. The van der Waals surface area contributed by atoms with Crippen molar-refractivity contribution in [3.05, 3.63) is 60.2 Å². The van der Waals surface area contributed by atoms with E-state index in [0.29, 0.717) is 44.2 Å². The third-order valence-electron chi connectivity index (χ3n) is 4.97. The molecular formula is C20H22FN7O2. The molecule has 0 aliphatic carbocycles. The lowest BCUT2D eigenvalue weighted by Crippen LogP contribution is -2.49. The van der Waals surface area contributed by atoms with Crippen molar-refractivity contribution < 1.29 is 13.9 Å². The Morgan fingerprint density at radius 2 is 1.77 bits per heavy atom. The lowest BCUT2D eigenvalue weighted by molar-refractivity contribution is 0.140. The SMILES string of the molecule is COc1ccc(NC(=O)N2CCN(Cc3nnnn3-c3ccc(F)cc3)CC2)cc1. The van der Waals surface area contributed by atoms with Crippen molar-refractivity contribution in [2.45, 2.75) is 6.54 Å². The summed E-state index contributed by atoms with van der Waals surface area (Å²) in [5.41, 5.74) is 1.43. The van der Waals surface area contributed by atoms with Crippen molar-refractivity contribution in [1.82, 2.24) is 30.0 Å². The molecule has 10 heteroatoms. The van der Waals surface area contributed by atoms with Gasteiger partial charge in [0.1, 0.15) is 11.6 Å². The summed E-state index contributed by atoms with van der Waals surface area (Å²) in [5.74, 6) is 1.10. The molecule has 0 saturated carbocycles. The van der Waals surface area contributed by atoms with Crippen LogP contribution in [0.4, 0.5) is 14.9 Å². The number of benzene rings is 2. The van der Waals surface area contributed by atoms with Crippen LogP contribution in [0.1, 0.15) is 5.82 Å². The molecule has 1 aliphatic heterocycles. The number of amides is 2. The fraction of sp³-hybridized carbons (Fsp3) is 0.300. The van der Waals surface area contributed by atoms with E-state index in [1.165, 1.54) is 12.1 Å². The number of hydrogen-bond acceptors (Lipinski definition) is 6. The molecule has 0 bridgehead atoms. The third kappa shape index (κ3) is 4.54. The van der Waals surface area contributed by atoms with E-state index in [4.69, 9.17) is 4.74 Å². The number of anilines is 1. The molecular weight excluding hydrogens is 389 g/mol. The molecule has 0 atom stereocenters. The summed E-state index contributed by atoms with van der Waals surface area (Å²) < 4.78 is 19.9. The number of urea groups is 1. The van der Waals surface area contributed by atoms with Gasteiger partial charge in [-0.3, -0.25) is 4.90 Å². The van der Waals surface area contributed by atoms with Gasteiger partial charge in [0.25, 0.3) is 0 Å². The second-order valence-electron chi connectivity index (χ2n) is 6.91. The second-order valence-corrected chi connectivity index (χ2v) is 6.91. The normalized spacial score (nSPS) is 14.5. The van der Waals surface area contributed by atoms with Gasteiger partial charge in [-0.1, -0.05) is 0 Å². The van der Waals surface area contributed by atoms with Gasteiger partial charge in [-0.2, -0.15) is 4.68 Å². The second kappa shape index (κ2) is 8.87. The Hall–Kier alpha value is -3.53. The van der Waals surface area contributed by atoms with Gasteiger partial charge in [0, 0.05) is 31.9 Å². The predicted octanol–water partition coefficient (Wildman–Crippen LogP) is 2.16. The zero-order chi connectivity index (χ0) is 20.9. The molecule has 0 spiro atoms. The van der Waals surface area contributed by atoms with E-state index in [0.717, 1.165) is 11.4 Å². The Balaban J connectivity index is 1.31. The average molecular weight is 411 g/mol. The largest absolute Gasteiger partial charge is 0.497 e. The number of nitrogens with one attached hydrogen (secondary N) is 1. The van der Waals surface area contributed by atoms with E-state index in [1.807, 2.05) is 12.1 Å². The Kier molecular flexibility index (Phi) is 5.84. The molecule has 156 valence electrons. The molecule has 2 heterocycles. The number of rotatable bonds is 5. The number of carbonyl (C=O) groups is 1. The number of halogens is 1. The van der Waals surface area contributed by atoms with Gasteiger partial charge < -0.3 is 15.0 Å². The Morgan fingerprint density at radius 3 is 2.43 bits per heavy atom. The van der Waals surface area contributed by atoms with Gasteiger partial charge in [-0.25, -0.2) is 9.18 Å². The lowest BCUT2D eigenvalue weighted by Gasteiger charge is -2.34. The summed E-state index contributed by atoms with van der Waals surface area (Å²) in [6, 6.07) is 13.1. The maximum Gasteiger partial charge on any atom is 0.321 e. The molecule has 1 fully saturated rings. The molecule has 4 rings (SSSR count). The fourth-order valence-electron chi connectivity index (χ4n) is 3.27. The summed E-state index contributed by atoms with van der Waals surface area (Å²) >= 11 is 0. The highest BCUT2D eigenvalue weighted by Crippen LogP contribution is 2.16. The van der Waals surface area contributed by atoms with Crippen molar-refractivity contribution in [1.29, 1.82) is 0 Å². The maximum atomic E-state index is 13.2. The van der Waals surface area contributed by atoms with Crippen molar-refractivity contribution in [2.24, 2.45) is 0 Å². The minimum Gasteiger partial charge on any atom is -0.497 e. The number of tetrazole rings is 1. The molecule has 30 heavy (non-hydrogen) atoms. The van der Waals surface area contributed by atoms with Crippen LogP contribution in [0.25, 0.3) is 5.69 Å². The van der Waals surface area contributed by atoms with E-state index in [-0.39, 0.29) is 11.8 Å². The highest BCUT2D eigenvalue weighted by molar-refractivity contribution is 5.89. The number of hydrogen-bond donors (Lipinski definition) is 1. The van der Waals surface area contributed by atoms with Gasteiger partial charge in [0.15, 0.2) is 5.82 Å². The van der Waals surface area contributed by atoms with Gasteiger partial charge >= 0.3 is 6.03 Å². The third-order valence-corrected chi connectivity index (χ3v) is 4.97. The fourth-order valence-corrected chi connectivity index (χ4v) is 3.27. The molecule has 0 unspecified atom stereocenters. The zero-order valence-corrected chi connectivity index (χ0v) is 16.5. The highest BCUT2D eigenvalue weighted by Gasteiger charge is 2.23. The summed E-state index contributed by atoms with van der Waals surface area (Å²) in [4.78, 5) is 16.5. The average Bonchev–Trinajstić information content (AvgIpc) is 3.23. The Morgan fingerprint density at radius 1 is 1.07 bits per heavy atom. The monoisotopic (exact) mass is 411 g/mol. The van der Waals surface area contributed by atoms with Gasteiger partial charge in [0.2, 0.25) is 0 Å². The molecule has 1 aliphatic rings. The van der Waals surface area contributed by atoms with Crippen LogP contribution in [0, 0.1) is 5.82 Å². The van der Waals surface area contributed by atoms with E-state index < -0.39 is 0 Å². The molecule has 9 nitrogen and oxygen atoms in total. The first-order valence-corrected chi connectivity index (χ1v) is 9.58. The van der Waals surface area contributed by atoms with Gasteiger partial charge in [-0.05, 0) is 59.0 Å². The zero-order valence-electron chi connectivity index (χ0n) is 16.5. The number of ether oxygens (including phenoxy) is 1. The lowest BCUT2D eigenvalue weighted by atomic mass is 10.3. The van der Waals surface area contributed by atoms with Crippen LogP contribution in [0.3, 0.4) is 0 Å². The summed E-state index contributed by atoms with van der Waals surface area (Å²) in [6.07, 6.45) is 0. The minimum atomic E-state index is -0.308. The Labute approximate surface area is 173 Å². The van der Waals surface area contributed by atoms with E-state index >= 15 is 0 Å². The molecule has 0 radical (unpaired) electrons. The first-order chi connectivity index (χ1) is 14.6. The van der Waals surface area contributed by atoms with Gasteiger partial charge in [-0.15, -0.1) is 5.10 Å². The molecule has 2 amide bonds. The van der Waals surface area contributed by atoms with Crippen molar-refractivity contribution >= 4 is 11.7 Å². The first-order valence-electron chi connectivity index (χ1n) is 9.58. The van der Waals surface area contributed by atoms with Crippen LogP contribution >= 0.6 is 0 Å². The molecule has 3 aromatic rings. The van der Waals surface area contributed by atoms with E-state index in [1.54, 1.807) is 41.0 Å². The number of methoxy groups -OCH3 is 1. The van der Waals surface area contributed by atoms with Crippen LogP contribution < -0.4 is 10.1 Å². The van der Waals surface area contributed by atoms with Crippen LogP contribution in [-0.2, 0) is 6.54 Å². The van der Waals surface area contributed by atoms with Crippen molar-refractivity contribution in [2.75, 3.05) is 38.6 Å². The molecule has 1 N–H and O–H groups in total. The number of carbonyl (C=O) groups excluding carboxylic acids is 1. The van der Waals surface area contributed by atoms with Crippen LogP contribution in [0.15, 0.2) is 48.5 Å². The summed E-state index contributed by atoms with van der Waals surface area (Å²) in [6.45, 7) is 3.14.